The first-order chi connectivity index (χ1) is 15.7. The van der Waals surface area contributed by atoms with Gasteiger partial charge in [0.1, 0.15) is 0 Å². The molecule has 0 saturated heterocycles. The molecule has 1 amide bonds. The maximum atomic E-state index is 12.9. The van der Waals surface area contributed by atoms with Crippen LogP contribution in [0.4, 0.5) is 0 Å². The highest BCUT2D eigenvalue weighted by molar-refractivity contribution is 6.23. The molecule has 4 fully saturated rings. The monoisotopic (exact) mass is 421 g/mol. The van der Waals surface area contributed by atoms with E-state index in [1.165, 1.54) is 76.4 Å². The normalized spacial score (nSPS) is 28.8. The summed E-state index contributed by atoms with van der Waals surface area (Å²) in [5.41, 5.74) is 1.51. The molecule has 0 aromatic heterocycles. The SMILES string of the molecule is O=C(CCCc1ccc2ccc3cccc4ccc1c2c34)NC12CC3CC(CC(C3)C1)C2. The Morgan fingerprint density at radius 2 is 1.38 bits per heavy atom. The Balaban J connectivity index is 1.09. The number of benzene rings is 4. The van der Waals surface area contributed by atoms with E-state index in [-0.39, 0.29) is 11.4 Å². The van der Waals surface area contributed by atoms with E-state index in [9.17, 15) is 4.79 Å². The molecule has 4 aliphatic carbocycles. The summed E-state index contributed by atoms with van der Waals surface area (Å²) in [5.74, 6) is 2.90. The molecule has 2 heteroatoms. The molecule has 4 aromatic rings. The Bertz CT molecular complexity index is 1280. The fourth-order valence-corrected chi connectivity index (χ4v) is 8.08. The predicted molar refractivity (Wildman–Crippen MR) is 132 cm³/mol. The van der Waals surface area contributed by atoms with Crippen molar-refractivity contribution in [2.45, 2.75) is 63.3 Å². The zero-order valence-corrected chi connectivity index (χ0v) is 18.7. The number of carbonyl (C=O) groups excluding carboxylic acids is 1. The maximum absolute atomic E-state index is 12.9. The van der Waals surface area contributed by atoms with Crippen LogP contribution in [-0.4, -0.2) is 11.4 Å². The lowest BCUT2D eigenvalue weighted by atomic mass is 9.53. The summed E-state index contributed by atoms with van der Waals surface area (Å²) >= 11 is 0. The molecule has 0 spiro atoms. The van der Waals surface area contributed by atoms with Crippen LogP contribution in [0.3, 0.4) is 0 Å². The van der Waals surface area contributed by atoms with Crippen molar-refractivity contribution in [3.05, 3.63) is 60.2 Å². The van der Waals surface area contributed by atoms with Crippen LogP contribution in [0.25, 0.3) is 32.3 Å². The molecule has 2 nitrogen and oxygen atoms in total. The number of hydrogen-bond donors (Lipinski definition) is 1. The summed E-state index contributed by atoms with van der Waals surface area (Å²) < 4.78 is 0. The van der Waals surface area contributed by atoms with Gasteiger partial charge in [-0.05, 0) is 107 Å². The van der Waals surface area contributed by atoms with Crippen molar-refractivity contribution < 1.29 is 4.79 Å². The van der Waals surface area contributed by atoms with Gasteiger partial charge in [-0.3, -0.25) is 4.79 Å². The van der Waals surface area contributed by atoms with Gasteiger partial charge in [-0.25, -0.2) is 0 Å². The van der Waals surface area contributed by atoms with Crippen molar-refractivity contribution >= 4 is 38.2 Å². The van der Waals surface area contributed by atoms with E-state index in [0.717, 1.165) is 30.6 Å². The highest BCUT2D eigenvalue weighted by atomic mass is 16.1. The molecule has 162 valence electrons. The molecule has 0 unspecified atom stereocenters. The third-order valence-electron chi connectivity index (χ3n) is 8.91. The van der Waals surface area contributed by atoms with Crippen LogP contribution in [0.2, 0.25) is 0 Å². The number of carbonyl (C=O) groups is 1. The van der Waals surface area contributed by atoms with E-state index in [4.69, 9.17) is 0 Å². The van der Waals surface area contributed by atoms with Gasteiger partial charge >= 0.3 is 0 Å². The molecule has 0 aliphatic heterocycles. The van der Waals surface area contributed by atoms with Gasteiger partial charge in [-0.2, -0.15) is 0 Å². The van der Waals surface area contributed by atoms with Gasteiger partial charge in [0.25, 0.3) is 0 Å². The third kappa shape index (κ3) is 2.95. The van der Waals surface area contributed by atoms with Crippen LogP contribution in [0.1, 0.15) is 56.9 Å². The molecule has 8 rings (SSSR count). The largest absolute Gasteiger partial charge is 0.351 e. The maximum Gasteiger partial charge on any atom is 0.220 e. The molecule has 32 heavy (non-hydrogen) atoms. The number of hydrogen-bond acceptors (Lipinski definition) is 1. The number of aryl methyl sites for hydroxylation is 1. The van der Waals surface area contributed by atoms with Gasteiger partial charge in [-0.15, -0.1) is 0 Å². The lowest BCUT2D eigenvalue weighted by Gasteiger charge is -2.56. The third-order valence-corrected chi connectivity index (χ3v) is 8.91. The highest BCUT2D eigenvalue weighted by Gasteiger charge is 2.51. The first kappa shape index (κ1) is 18.9. The highest BCUT2D eigenvalue weighted by Crippen LogP contribution is 2.55. The summed E-state index contributed by atoms with van der Waals surface area (Å²) in [6, 6.07) is 20.1. The molecular weight excluding hydrogens is 390 g/mol. The minimum Gasteiger partial charge on any atom is -0.351 e. The molecule has 4 aromatic carbocycles. The van der Waals surface area contributed by atoms with Gasteiger partial charge in [0.05, 0.1) is 0 Å². The molecular formula is C30H31NO. The Hall–Kier alpha value is -2.61. The van der Waals surface area contributed by atoms with Gasteiger partial charge in [0.15, 0.2) is 0 Å². The Kier molecular flexibility index (Phi) is 4.10. The van der Waals surface area contributed by atoms with Crippen LogP contribution in [-0.2, 0) is 11.2 Å². The molecule has 0 atom stereocenters. The van der Waals surface area contributed by atoms with E-state index in [2.05, 4.69) is 59.9 Å². The molecule has 4 bridgehead atoms. The van der Waals surface area contributed by atoms with Crippen LogP contribution in [0.5, 0.6) is 0 Å². The van der Waals surface area contributed by atoms with Gasteiger partial charge in [0, 0.05) is 12.0 Å². The minimum absolute atomic E-state index is 0.138. The molecule has 0 heterocycles. The van der Waals surface area contributed by atoms with Crippen LogP contribution in [0, 0.1) is 17.8 Å². The van der Waals surface area contributed by atoms with E-state index in [1.807, 2.05) is 0 Å². The fraction of sp³-hybridized carbons (Fsp3) is 0.433. The Labute approximate surface area is 189 Å². The van der Waals surface area contributed by atoms with Crippen molar-refractivity contribution in [2.75, 3.05) is 0 Å². The zero-order valence-electron chi connectivity index (χ0n) is 18.7. The lowest BCUT2D eigenvalue weighted by Crippen LogP contribution is -2.59. The molecule has 0 radical (unpaired) electrons. The predicted octanol–water partition coefficient (Wildman–Crippen LogP) is 6.99. The van der Waals surface area contributed by atoms with Gasteiger partial charge < -0.3 is 5.32 Å². The molecule has 1 N–H and O–H groups in total. The molecule has 4 saturated carbocycles. The van der Waals surface area contributed by atoms with Crippen molar-refractivity contribution in [1.82, 2.24) is 5.32 Å². The standard InChI is InChI=1S/C30H31NO/c32-27(31-30-16-19-13-20(17-30)15-21(14-19)18-30)6-2-3-22-7-8-25-10-9-23-4-1-5-24-11-12-26(22)29(25)28(23)24/h1,4-5,7-12,19-21H,2-3,6,13-18H2,(H,31,32). The number of nitrogens with one attached hydrogen (secondary N) is 1. The van der Waals surface area contributed by atoms with Crippen molar-refractivity contribution in [1.29, 1.82) is 0 Å². The molecule has 4 aliphatic rings. The fourth-order valence-electron chi connectivity index (χ4n) is 8.08. The second-order valence-corrected chi connectivity index (χ2v) is 11.2. The number of rotatable bonds is 5. The quantitative estimate of drug-likeness (QED) is 0.346. The van der Waals surface area contributed by atoms with E-state index in [0.29, 0.717) is 6.42 Å². The zero-order chi connectivity index (χ0) is 21.3. The van der Waals surface area contributed by atoms with Crippen molar-refractivity contribution in [3.63, 3.8) is 0 Å². The first-order valence-corrected chi connectivity index (χ1v) is 12.6. The Morgan fingerprint density at radius 1 is 0.781 bits per heavy atom. The van der Waals surface area contributed by atoms with Gasteiger partial charge in [-0.1, -0.05) is 54.6 Å². The van der Waals surface area contributed by atoms with Crippen LogP contribution >= 0.6 is 0 Å². The summed E-state index contributed by atoms with van der Waals surface area (Å²) in [7, 11) is 0. The summed E-state index contributed by atoms with van der Waals surface area (Å²) in [6.07, 6.45) is 10.5. The second kappa shape index (κ2) is 6.94. The van der Waals surface area contributed by atoms with Gasteiger partial charge in [0.2, 0.25) is 5.91 Å². The lowest BCUT2D eigenvalue weighted by molar-refractivity contribution is -0.126. The summed E-state index contributed by atoms with van der Waals surface area (Å²) in [4.78, 5) is 12.9. The second-order valence-electron chi connectivity index (χ2n) is 11.2. The average Bonchev–Trinajstić information content (AvgIpc) is 2.77. The average molecular weight is 422 g/mol. The summed E-state index contributed by atoms with van der Waals surface area (Å²) in [6.45, 7) is 0. The topological polar surface area (TPSA) is 29.1 Å². The van der Waals surface area contributed by atoms with E-state index < -0.39 is 0 Å². The summed E-state index contributed by atoms with van der Waals surface area (Å²) in [5, 5.41) is 11.6. The van der Waals surface area contributed by atoms with E-state index >= 15 is 0 Å². The Morgan fingerprint density at radius 3 is 2.06 bits per heavy atom. The minimum atomic E-state index is 0.138. The van der Waals surface area contributed by atoms with Crippen molar-refractivity contribution in [3.8, 4) is 0 Å². The first-order valence-electron chi connectivity index (χ1n) is 12.6. The number of amides is 1. The van der Waals surface area contributed by atoms with Crippen LogP contribution in [0.15, 0.2) is 54.6 Å². The smallest absolute Gasteiger partial charge is 0.220 e. The van der Waals surface area contributed by atoms with E-state index in [1.54, 1.807) is 0 Å². The van der Waals surface area contributed by atoms with Crippen molar-refractivity contribution in [2.24, 2.45) is 17.8 Å². The van der Waals surface area contributed by atoms with Crippen LogP contribution < -0.4 is 5.32 Å².